The largest absolute Gasteiger partial charge is 0.493 e. The van der Waals surface area contributed by atoms with Crippen LogP contribution in [0.15, 0.2) is 65.3 Å². The molecule has 0 unspecified atom stereocenters. The van der Waals surface area contributed by atoms with E-state index < -0.39 is 22.3 Å². The lowest BCUT2D eigenvalue weighted by Gasteiger charge is -2.15. The van der Waals surface area contributed by atoms with Gasteiger partial charge in [0.15, 0.2) is 0 Å². The van der Waals surface area contributed by atoms with E-state index >= 15 is 0 Å². The molecule has 7 nitrogen and oxygen atoms in total. The summed E-state index contributed by atoms with van der Waals surface area (Å²) in [5.74, 6) is -1.35. The van der Waals surface area contributed by atoms with Crippen molar-refractivity contribution in [1.82, 2.24) is 0 Å². The molecular formula is C27H22F2N2O5. The first-order valence-electron chi connectivity index (χ1n) is 11.1. The molecule has 1 heterocycles. The molecule has 0 atom stereocenters. The molecule has 0 saturated heterocycles. The predicted octanol–water partition coefficient (Wildman–Crippen LogP) is 7.04. The lowest BCUT2D eigenvalue weighted by molar-refractivity contribution is -0.387. The van der Waals surface area contributed by atoms with E-state index in [1.54, 1.807) is 25.3 Å². The summed E-state index contributed by atoms with van der Waals surface area (Å²) < 4.78 is 38.8. The highest BCUT2D eigenvalue weighted by atomic mass is 19.1. The topological polar surface area (TPSA) is 94.6 Å². The molecule has 184 valence electrons. The molecule has 0 spiro atoms. The number of fused-ring (bicyclic) bond motifs is 1. The van der Waals surface area contributed by atoms with Crippen LogP contribution in [0.3, 0.4) is 0 Å². The summed E-state index contributed by atoms with van der Waals surface area (Å²) in [6.07, 6.45) is 2.92. The Bertz CT molecular complexity index is 1510. The van der Waals surface area contributed by atoms with Gasteiger partial charge in [0, 0.05) is 39.9 Å². The van der Waals surface area contributed by atoms with Gasteiger partial charge in [0.2, 0.25) is 11.7 Å². The molecule has 9 heteroatoms. The Hall–Kier alpha value is -4.53. The van der Waals surface area contributed by atoms with Crippen molar-refractivity contribution in [2.45, 2.75) is 20.8 Å². The van der Waals surface area contributed by atoms with E-state index in [0.717, 1.165) is 34.2 Å². The minimum atomic E-state index is -0.994. The molecule has 0 aliphatic heterocycles. The first-order chi connectivity index (χ1) is 17.2. The van der Waals surface area contributed by atoms with Crippen LogP contribution in [-0.4, -0.2) is 17.4 Å². The zero-order valence-electron chi connectivity index (χ0n) is 19.7. The van der Waals surface area contributed by atoms with Crippen LogP contribution >= 0.6 is 0 Å². The molecule has 1 N–H and O–H groups in total. The fourth-order valence-electron chi connectivity index (χ4n) is 3.98. The molecule has 0 fully saturated rings. The number of carbonyl (C=O) groups is 1. The maximum Gasteiger partial charge on any atom is 0.306 e. The zero-order chi connectivity index (χ0) is 26.0. The number of ether oxygens (including phenoxy) is 1. The first-order valence-corrected chi connectivity index (χ1v) is 11.1. The van der Waals surface area contributed by atoms with E-state index in [2.05, 4.69) is 5.32 Å². The van der Waals surface area contributed by atoms with Crippen molar-refractivity contribution in [1.29, 1.82) is 0 Å². The highest BCUT2D eigenvalue weighted by Crippen LogP contribution is 2.40. The van der Waals surface area contributed by atoms with Crippen molar-refractivity contribution >= 4 is 33.8 Å². The number of amides is 1. The maximum absolute atomic E-state index is 13.6. The maximum atomic E-state index is 13.6. The van der Waals surface area contributed by atoms with Crippen molar-refractivity contribution < 1.29 is 27.7 Å². The number of furan rings is 1. The van der Waals surface area contributed by atoms with E-state index in [1.807, 2.05) is 19.9 Å². The van der Waals surface area contributed by atoms with Crippen molar-refractivity contribution in [3.63, 3.8) is 0 Å². The SMILES string of the molecule is CCOc1c(/C(C)=C/C(=O)Nc2ccc(F)c([N+](=O)[O-])c2)cc2c(-c3ccc(F)cc3)coc2c1C. The number of carbonyl (C=O) groups excluding carboxylic acids is 1. The van der Waals surface area contributed by atoms with Gasteiger partial charge in [-0.25, -0.2) is 4.39 Å². The summed E-state index contributed by atoms with van der Waals surface area (Å²) in [7, 11) is 0. The van der Waals surface area contributed by atoms with Crippen LogP contribution in [0, 0.1) is 28.7 Å². The number of allylic oxidation sites excluding steroid dienone is 1. The summed E-state index contributed by atoms with van der Waals surface area (Å²) in [4.78, 5) is 22.8. The molecule has 0 aliphatic rings. The van der Waals surface area contributed by atoms with E-state index in [4.69, 9.17) is 9.15 Å². The number of nitro benzene ring substituents is 1. The predicted molar refractivity (Wildman–Crippen MR) is 133 cm³/mol. The number of anilines is 1. The molecule has 0 saturated carbocycles. The zero-order valence-corrected chi connectivity index (χ0v) is 19.7. The lowest BCUT2D eigenvalue weighted by Crippen LogP contribution is -2.09. The Morgan fingerprint density at radius 1 is 1.17 bits per heavy atom. The van der Waals surface area contributed by atoms with E-state index in [0.29, 0.717) is 29.1 Å². The van der Waals surface area contributed by atoms with Crippen molar-refractivity contribution in [2.75, 3.05) is 11.9 Å². The monoisotopic (exact) mass is 492 g/mol. The first kappa shape index (κ1) is 24.6. The summed E-state index contributed by atoms with van der Waals surface area (Å²) in [5, 5.41) is 14.3. The number of hydrogen-bond donors (Lipinski definition) is 1. The van der Waals surface area contributed by atoms with Crippen LogP contribution in [0.5, 0.6) is 5.75 Å². The Morgan fingerprint density at radius 3 is 2.56 bits per heavy atom. The van der Waals surface area contributed by atoms with Gasteiger partial charge < -0.3 is 14.5 Å². The average molecular weight is 492 g/mol. The number of nitro groups is 1. The number of aryl methyl sites for hydroxylation is 1. The molecule has 4 rings (SSSR count). The number of hydrogen-bond acceptors (Lipinski definition) is 5. The fraction of sp³-hybridized carbons (Fsp3) is 0.148. The minimum absolute atomic E-state index is 0.0854. The van der Waals surface area contributed by atoms with Gasteiger partial charge in [0.25, 0.3) is 0 Å². The van der Waals surface area contributed by atoms with Gasteiger partial charge in [-0.15, -0.1) is 0 Å². The van der Waals surface area contributed by atoms with Gasteiger partial charge in [0.05, 0.1) is 17.8 Å². The Morgan fingerprint density at radius 2 is 1.89 bits per heavy atom. The van der Waals surface area contributed by atoms with E-state index in [-0.39, 0.29) is 11.5 Å². The quantitative estimate of drug-likeness (QED) is 0.170. The lowest BCUT2D eigenvalue weighted by atomic mass is 9.96. The molecule has 1 amide bonds. The van der Waals surface area contributed by atoms with E-state index in [1.165, 1.54) is 24.3 Å². The van der Waals surface area contributed by atoms with Gasteiger partial charge in [-0.05, 0) is 62.2 Å². The Kier molecular flexibility index (Phi) is 6.82. The highest BCUT2D eigenvalue weighted by molar-refractivity contribution is 6.06. The van der Waals surface area contributed by atoms with Crippen LogP contribution in [-0.2, 0) is 4.79 Å². The third kappa shape index (κ3) is 4.81. The second kappa shape index (κ2) is 9.99. The third-order valence-electron chi connectivity index (χ3n) is 5.67. The second-order valence-electron chi connectivity index (χ2n) is 8.08. The van der Waals surface area contributed by atoms with Crippen molar-refractivity contribution in [3.05, 3.63) is 93.7 Å². The van der Waals surface area contributed by atoms with Crippen molar-refractivity contribution in [3.8, 4) is 16.9 Å². The molecule has 3 aromatic carbocycles. The number of rotatable bonds is 7. The van der Waals surface area contributed by atoms with Crippen LogP contribution in [0.25, 0.3) is 27.7 Å². The van der Waals surface area contributed by atoms with Gasteiger partial charge in [-0.2, -0.15) is 4.39 Å². The van der Waals surface area contributed by atoms with Crippen LogP contribution in [0.2, 0.25) is 0 Å². The number of nitrogens with zero attached hydrogens (tertiary/aromatic N) is 1. The summed E-state index contributed by atoms with van der Waals surface area (Å²) in [6, 6.07) is 11.0. The molecule has 36 heavy (non-hydrogen) atoms. The number of halogens is 2. The normalized spacial score (nSPS) is 11.5. The summed E-state index contributed by atoms with van der Waals surface area (Å²) >= 11 is 0. The second-order valence-corrected chi connectivity index (χ2v) is 8.08. The molecule has 0 bridgehead atoms. The number of benzene rings is 3. The van der Waals surface area contributed by atoms with E-state index in [9.17, 15) is 23.7 Å². The highest BCUT2D eigenvalue weighted by Gasteiger charge is 2.20. The van der Waals surface area contributed by atoms with Crippen LogP contribution in [0.4, 0.5) is 20.2 Å². The average Bonchev–Trinajstić information content (AvgIpc) is 3.26. The van der Waals surface area contributed by atoms with Crippen LogP contribution < -0.4 is 10.1 Å². The summed E-state index contributed by atoms with van der Waals surface area (Å²) in [6.45, 7) is 5.80. The van der Waals surface area contributed by atoms with Gasteiger partial charge in [0.1, 0.15) is 17.1 Å². The molecule has 1 aromatic heterocycles. The molecule has 4 aromatic rings. The summed E-state index contributed by atoms with van der Waals surface area (Å²) in [5.41, 5.74) is 3.42. The van der Waals surface area contributed by atoms with Crippen LogP contribution in [0.1, 0.15) is 25.0 Å². The van der Waals surface area contributed by atoms with Crippen molar-refractivity contribution in [2.24, 2.45) is 0 Å². The minimum Gasteiger partial charge on any atom is -0.493 e. The number of nitrogens with one attached hydrogen (secondary N) is 1. The van der Waals surface area contributed by atoms with Gasteiger partial charge in [-0.3, -0.25) is 14.9 Å². The standard InChI is InChI=1S/C27H22F2N2O5/c1-4-35-26-16(3)27-21(22(14-36-27)17-5-7-18(28)8-6-17)13-20(26)15(2)11-25(32)30-19-9-10-23(29)24(12-19)31(33)34/h5-14H,4H2,1-3H3,(H,30,32)/b15-11+. The Labute approximate surface area is 205 Å². The molecule has 0 radical (unpaired) electrons. The molecule has 0 aliphatic carbocycles. The smallest absolute Gasteiger partial charge is 0.306 e. The molecular weight excluding hydrogens is 470 g/mol. The van der Waals surface area contributed by atoms with Gasteiger partial charge in [-0.1, -0.05) is 12.1 Å². The Balaban J connectivity index is 1.74. The third-order valence-corrected chi connectivity index (χ3v) is 5.67. The van der Waals surface area contributed by atoms with Gasteiger partial charge >= 0.3 is 5.69 Å². The fourth-order valence-corrected chi connectivity index (χ4v) is 3.98.